The van der Waals surface area contributed by atoms with Crippen molar-refractivity contribution in [2.75, 3.05) is 11.1 Å². The van der Waals surface area contributed by atoms with Gasteiger partial charge in [0.1, 0.15) is 0 Å². The summed E-state index contributed by atoms with van der Waals surface area (Å²) in [6, 6.07) is 12.4. The number of carbonyl (C=O) groups is 2. The van der Waals surface area contributed by atoms with Crippen LogP contribution in [0.1, 0.15) is 34.3 Å². The van der Waals surface area contributed by atoms with E-state index in [0.717, 1.165) is 24.1 Å². The normalized spacial score (nSPS) is 14.0. The smallest absolute Gasteiger partial charge is 0.224 e. The van der Waals surface area contributed by atoms with Crippen molar-refractivity contribution in [1.82, 2.24) is 0 Å². The van der Waals surface area contributed by atoms with Crippen LogP contribution < -0.4 is 11.1 Å². The van der Waals surface area contributed by atoms with Gasteiger partial charge < -0.3 is 11.1 Å². The Labute approximate surface area is 123 Å². The van der Waals surface area contributed by atoms with Crippen LogP contribution in [-0.4, -0.2) is 11.7 Å². The Morgan fingerprint density at radius 3 is 2.71 bits per heavy atom. The highest BCUT2D eigenvalue weighted by Crippen LogP contribution is 2.25. The van der Waals surface area contributed by atoms with Crippen LogP contribution in [0.4, 0.5) is 11.4 Å². The number of benzene rings is 2. The van der Waals surface area contributed by atoms with E-state index in [-0.39, 0.29) is 11.7 Å². The Kier molecular flexibility index (Phi) is 3.44. The average molecular weight is 280 g/mol. The van der Waals surface area contributed by atoms with Crippen molar-refractivity contribution in [1.29, 1.82) is 0 Å². The van der Waals surface area contributed by atoms with Crippen LogP contribution >= 0.6 is 0 Å². The van der Waals surface area contributed by atoms with Crippen LogP contribution in [0.15, 0.2) is 42.5 Å². The zero-order chi connectivity index (χ0) is 14.8. The number of carbonyl (C=O) groups excluding carboxylic acids is 2. The average Bonchev–Trinajstić information content (AvgIpc) is 2.67. The van der Waals surface area contributed by atoms with Gasteiger partial charge in [0.15, 0.2) is 5.78 Å². The number of hydrogen-bond acceptors (Lipinski definition) is 3. The van der Waals surface area contributed by atoms with Crippen LogP contribution in [0.25, 0.3) is 0 Å². The van der Waals surface area contributed by atoms with Crippen molar-refractivity contribution in [3.05, 3.63) is 59.2 Å². The predicted octanol–water partition coefficient (Wildman–Crippen LogP) is 2.77. The van der Waals surface area contributed by atoms with E-state index in [9.17, 15) is 9.59 Å². The summed E-state index contributed by atoms with van der Waals surface area (Å²) in [6.45, 7) is 0. The van der Waals surface area contributed by atoms with Gasteiger partial charge in [-0.05, 0) is 48.7 Å². The molecule has 0 saturated carbocycles. The second kappa shape index (κ2) is 5.40. The second-order valence-corrected chi connectivity index (χ2v) is 5.19. The quantitative estimate of drug-likeness (QED) is 0.656. The molecule has 0 aliphatic carbocycles. The van der Waals surface area contributed by atoms with E-state index in [0.29, 0.717) is 23.2 Å². The molecule has 1 amide bonds. The first-order chi connectivity index (χ1) is 10.1. The van der Waals surface area contributed by atoms with Gasteiger partial charge in [0, 0.05) is 28.9 Å². The van der Waals surface area contributed by atoms with E-state index in [1.54, 1.807) is 36.4 Å². The summed E-state index contributed by atoms with van der Waals surface area (Å²) in [5, 5.41) is 2.86. The molecule has 0 bridgehead atoms. The van der Waals surface area contributed by atoms with Crippen molar-refractivity contribution in [3.63, 3.8) is 0 Å². The Balaban J connectivity index is 1.97. The fourth-order valence-electron chi connectivity index (χ4n) is 2.58. The van der Waals surface area contributed by atoms with Gasteiger partial charge in [-0.15, -0.1) is 0 Å². The second-order valence-electron chi connectivity index (χ2n) is 5.19. The molecule has 2 aromatic rings. The zero-order valence-electron chi connectivity index (χ0n) is 11.6. The lowest BCUT2D eigenvalue weighted by Gasteiger charge is -2.10. The number of aryl methyl sites for hydroxylation is 1. The molecule has 106 valence electrons. The van der Waals surface area contributed by atoms with Crippen molar-refractivity contribution in [2.24, 2.45) is 0 Å². The summed E-state index contributed by atoms with van der Waals surface area (Å²) in [4.78, 5) is 24.1. The van der Waals surface area contributed by atoms with E-state index in [4.69, 9.17) is 5.73 Å². The van der Waals surface area contributed by atoms with Crippen LogP contribution in [0, 0.1) is 0 Å². The van der Waals surface area contributed by atoms with Crippen molar-refractivity contribution in [2.45, 2.75) is 19.3 Å². The van der Waals surface area contributed by atoms with E-state index in [1.165, 1.54) is 0 Å². The molecule has 3 N–H and O–H groups in total. The Hall–Kier alpha value is -2.62. The first-order valence-electron chi connectivity index (χ1n) is 6.97. The minimum absolute atomic E-state index is 0.0279. The summed E-state index contributed by atoms with van der Waals surface area (Å²) in [7, 11) is 0. The molecular formula is C17H16N2O2. The lowest BCUT2D eigenvalue weighted by atomic mass is 9.98. The molecule has 0 aromatic heterocycles. The van der Waals surface area contributed by atoms with E-state index >= 15 is 0 Å². The molecule has 3 rings (SSSR count). The number of rotatable bonds is 2. The SMILES string of the molecule is Nc1ccccc1C(=O)c1ccc2c(c1)CCCC(=O)N2. The first-order valence-corrected chi connectivity index (χ1v) is 6.97. The highest BCUT2D eigenvalue weighted by molar-refractivity contribution is 6.12. The molecule has 0 unspecified atom stereocenters. The summed E-state index contributed by atoms with van der Waals surface area (Å²) < 4.78 is 0. The third-order valence-electron chi connectivity index (χ3n) is 3.70. The Morgan fingerprint density at radius 1 is 1.10 bits per heavy atom. The monoisotopic (exact) mass is 280 g/mol. The molecule has 1 aliphatic rings. The van der Waals surface area contributed by atoms with E-state index in [2.05, 4.69) is 5.32 Å². The minimum Gasteiger partial charge on any atom is -0.398 e. The number of hydrogen-bond donors (Lipinski definition) is 2. The molecule has 0 saturated heterocycles. The predicted molar refractivity (Wildman–Crippen MR) is 82.3 cm³/mol. The van der Waals surface area contributed by atoms with Gasteiger partial charge >= 0.3 is 0 Å². The third-order valence-corrected chi connectivity index (χ3v) is 3.70. The Bertz CT molecular complexity index is 722. The molecular weight excluding hydrogens is 264 g/mol. The minimum atomic E-state index is -0.0912. The fourth-order valence-corrected chi connectivity index (χ4v) is 2.58. The van der Waals surface area contributed by atoms with Gasteiger partial charge in [0.25, 0.3) is 0 Å². The van der Waals surface area contributed by atoms with Gasteiger partial charge in [0.05, 0.1) is 0 Å². The molecule has 21 heavy (non-hydrogen) atoms. The molecule has 0 spiro atoms. The molecule has 0 atom stereocenters. The lowest BCUT2D eigenvalue weighted by molar-refractivity contribution is -0.116. The maximum absolute atomic E-state index is 12.5. The summed E-state index contributed by atoms with van der Waals surface area (Å²) >= 11 is 0. The zero-order valence-corrected chi connectivity index (χ0v) is 11.6. The highest BCUT2D eigenvalue weighted by atomic mass is 16.1. The summed E-state index contributed by atoms with van der Waals surface area (Å²) in [5.74, 6) is -0.0633. The van der Waals surface area contributed by atoms with Crippen LogP contribution in [0.5, 0.6) is 0 Å². The van der Waals surface area contributed by atoms with Crippen molar-refractivity contribution < 1.29 is 9.59 Å². The van der Waals surface area contributed by atoms with Gasteiger partial charge in [-0.1, -0.05) is 12.1 Å². The molecule has 2 aromatic carbocycles. The molecule has 0 fully saturated rings. The summed E-state index contributed by atoms with van der Waals surface area (Å²) in [6.07, 6.45) is 2.10. The largest absolute Gasteiger partial charge is 0.398 e. The number of nitrogens with one attached hydrogen (secondary N) is 1. The maximum Gasteiger partial charge on any atom is 0.224 e. The van der Waals surface area contributed by atoms with Crippen LogP contribution in [0.2, 0.25) is 0 Å². The molecule has 4 nitrogen and oxygen atoms in total. The molecule has 0 radical (unpaired) electrons. The summed E-state index contributed by atoms with van der Waals surface area (Å²) in [5.41, 5.74) is 9.25. The van der Waals surface area contributed by atoms with Crippen molar-refractivity contribution >= 4 is 23.1 Å². The topological polar surface area (TPSA) is 72.2 Å². The number of fused-ring (bicyclic) bond motifs is 1. The number of anilines is 2. The van der Waals surface area contributed by atoms with Gasteiger partial charge in [-0.3, -0.25) is 9.59 Å². The van der Waals surface area contributed by atoms with Crippen molar-refractivity contribution in [3.8, 4) is 0 Å². The number of amides is 1. The molecule has 4 heteroatoms. The number of nitrogens with two attached hydrogens (primary N) is 1. The first kappa shape index (κ1) is 13.4. The number of para-hydroxylation sites is 1. The standard InChI is InChI=1S/C17H16N2O2/c18-14-6-2-1-5-13(14)17(21)12-8-9-15-11(10-12)4-3-7-16(20)19-15/h1-2,5-6,8-10H,3-4,7,18H2,(H,19,20). The van der Waals surface area contributed by atoms with Gasteiger partial charge in [0.2, 0.25) is 5.91 Å². The lowest BCUT2D eigenvalue weighted by Crippen LogP contribution is -2.10. The maximum atomic E-state index is 12.5. The number of ketones is 1. The molecule has 1 heterocycles. The third kappa shape index (κ3) is 2.65. The highest BCUT2D eigenvalue weighted by Gasteiger charge is 2.17. The van der Waals surface area contributed by atoms with Gasteiger partial charge in [-0.25, -0.2) is 0 Å². The van der Waals surface area contributed by atoms with E-state index < -0.39 is 0 Å². The van der Waals surface area contributed by atoms with Crippen LogP contribution in [-0.2, 0) is 11.2 Å². The fraction of sp³-hybridized carbons (Fsp3) is 0.176. The van der Waals surface area contributed by atoms with E-state index in [1.807, 2.05) is 6.07 Å². The van der Waals surface area contributed by atoms with Gasteiger partial charge in [-0.2, -0.15) is 0 Å². The van der Waals surface area contributed by atoms with Crippen LogP contribution in [0.3, 0.4) is 0 Å². The molecule has 1 aliphatic heterocycles. The Morgan fingerprint density at radius 2 is 1.90 bits per heavy atom. The number of nitrogen functional groups attached to an aromatic ring is 1.